The summed E-state index contributed by atoms with van der Waals surface area (Å²) in [6.07, 6.45) is -0.612. The molecule has 1 atom stereocenters. The number of nitro benzene ring substituents is 1. The third kappa shape index (κ3) is 5.50. The number of carbonyl (C=O) groups is 2. The van der Waals surface area contributed by atoms with Gasteiger partial charge in [-0.2, -0.15) is 0 Å². The smallest absolute Gasteiger partial charge is 0.339 e. The molecule has 2 rings (SSSR count). The zero-order valence-electron chi connectivity index (χ0n) is 15.3. The maximum atomic E-state index is 12.9. The van der Waals surface area contributed by atoms with E-state index in [1.165, 1.54) is 38.3 Å². The van der Waals surface area contributed by atoms with E-state index >= 15 is 0 Å². The van der Waals surface area contributed by atoms with Crippen molar-refractivity contribution in [2.45, 2.75) is 19.4 Å². The maximum absolute atomic E-state index is 12.9. The minimum absolute atomic E-state index is 0.00753. The second-order valence-corrected chi connectivity index (χ2v) is 5.86. The Hall–Kier alpha value is -3.49. The lowest BCUT2D eigenvalue weighted by molar-refractivity contribution is -0.385. The highest BCUT2D eigenvalue weighted by molar-refractivity contribution is 5.93. The van der Waals surface area contributed by atoms with Crippen LogP contribution in [0.3, 0.4) is 0 Å². The van der Waals surface area contributed by atoms with Crippen LogP contribution in [0, 0.1) is 15.9 Å². The number of amides is 1. The summed E-state index contributed by atoms with van der Waals surface area (Å²) in [7, 11) is 1.28. The molecule has 0 aliphatic heterocycles. The quantitative estimate of drug-likeness (QED) is 0.422. The Morgan fingerprint density at radius 3 is 2.50 bits per heavy atom. The molecule has 0 spiro atoms. The largest absolute Gasteiger partial charge is 0.490 e. The first-order valence-corrected chi connectivity index (χ1v) is 8.37. The standard InChI is InChI=1S/C19H19FN2O6/c1-12(18(23)21-10-9-13-3-6-15(20)7-4-13)28-19(24)14-5-8-17(27-2)16(11-14)22(25)26/h3-8,11-12H,9-10H2,1-2H3,(H,21,23)/t12-/m0/s1. The van der Waals surface area contributed by atoms with Crippen molar-refractivity contribution in [2.75, 3.05) is 13.7 Å². The number of ether oxygens (including phenoxy) is 2. The first-order valence-electron chi connectivity index (χ1n) is 8.37. The number of benzene rings is 2. The van der Waals surface area contributed by atoms with Gasteiger partial charge in [0.25, 0.3) is 5.91 Å². The van der Waals surface area contributed by atoms with E-state index in [2.05, 4.69) is 5.32 Å². The summed E-state index contributed by atoms with van der Waals surface area (Å²) in [4.78, 5) is 34.6. The van der Waals surface area contributed by atoms with Gasteiger partial charge in [0.15, 0.2) is 11.9 Å². The van der Waals surface area contributed by atoms with Gasteiger partial charge in [-0.1, -0.05) is 12.1 Å². The van der Waals surface area contributed by atoms with Crippen LogP contribution in [0.15, 0.2) is 42.5 Å². The molecular weight excluding hydrogens is 371 g/mol. The minimum atomic E-state index is -1.10. The van der Waals surface area contributed by atoms with Crippen LogP contribution in [0.2, 0.25) is 0 Å². The molecule has 148 valence electrons. The number of esters is 1. The summed E-state index contributed by atoms with van der Waals surface area (Å²) < 4.78 is 22.8. The molecule has 1 N–H and O–H groups in total. The summed E-state index contributed by atoms with van der Waals surface area (Å²) in [6.45, 7) is 1.67. The highest BCUT2D eigenvalue weighted by Crippen LogP contribution is 2.27. The van der Waals surface area contributed by atoms with Crippen molar-refractivity contribution in [3.05, 3.63) is 69.5 Å². The van der Waals surface area contributed by atoms with Crippen LogP contribution in [-0.2, 0) is 16.0 Å². The number of nitrogens with one attached hydrogen (secondary N) is 1. The van der Waals surface area contributed by atoms with Crippen molar-refractivity contribution >= 4 is 17.6 Å². The van der Waals surface area contributed by atoms with E-state index in [0.29, 0.717) is 6.42 Å². The highest BCUT2D eigenvalue weighted by atomic mass is 19.1. The number of halogens is 1. The minimum Gasteiger partial charge on any atom is -0.490 e. The molecule has 0 aliphatic carbocycles. The van der Waals surface area contributed by atoms with E-state index in [1.54, 1.807) is 12.1 Å². The molecule has 2 aromatic carbocycles. The average molecular weight is 390 g/mol. The lowest BCUT2D eigenvalue weighted by Gasteiger charge is -2.14. The first kappa shape index (κ1) is 20.8. The Morgan fingerprint density at radius 1 is 1.21 bits per heavy atom. The Labute approximate surface area is 160 Å². The third-order valence-corrected chi connectivity index (χ3v) is 3.89. The molecule has 9 heteroatoms. The van der Waals surface area contributed by atoms with Gasteiger partial charge in [-0.05, 0) is 43.2 Å². The number of hydrogen-bond donors (Lipinski definition) is 1. The van der Waals surface area contributed by atoms with Crippen molar-refractivity contribution < 1.29 is 28.4 Å². The van der Waals surface area contributed by atoms with Crippen LogP contribution in [0.5, 0.6) is 5.75 Å². The molecule has 0 bridgehead atoms. The molecule has 2 aromatic rings. The van der Waals surface area contributed by atoms with E-state index < -0.39 is 22.9 Å². The van der Waals surface area contributed by atoms with Crippen LogP contribution in [0.4, 0.5) is 10.1 Å². The van der Waals surface area contributed by atoms with E-state index in [9.17, 15) is 24.1 Å². The fourth-order valence-electron chi connectivity index (χ4n) is 2.37. The van der Waals surface area contributed by atoms with Gasteiger partial charge >= 0.3 is 11.7 Å². The van der Waals surface area contributed by atoms with Crippen molar-refractivity contribution in [3.8, 4) is 5.75 Å². The van der Waals surface area contributed by atoms with Crippen molar-refractivity contribution in [3.63, 3.8) is 0 Å². The van der Waals surface area contributed by atoms with Gasteiger partial charge in [-0.25, -0.2) is 9.18 Å². The third-order valence-electron chi connectivity index (χ3n) is 3.89. The number of nitro groups is 1. The van der Waals surface area contributed by atoms with Crippen LogP contribution < -0.4 is 10.1 Å². The van der Waals surface area contributed by atoms with Gasteiger partial charge in [0.05, 0.1) is 17.6 Å². The second-order valence-electron chi connectivity index (χ2n) is 5.86. The van der Waals surface area contributed by atoms with Gasteiger partial charge in [0.1, 0.15) is 5.82 Å². The van der Waals surface area contributed by atoms with E-state index in [-0.39, 0.29) is 29.4 Å². The Morgan fingerprint density at radius 2 is 1.89 bits per heavy atom. The molecule has 0 aromatic heterocycles. The van der Waals surface area contributed by atoms with Gasteiger partial charge in [0.2, 0.25) is 0 Å². The number of rotatable bonds is 8. The van der Waals surface area contributed by atoms with Crippen LogP contribution >= 0.6 is 0 Å². The van der Waals surface area contributed by atoms with Gasteiger partial charge in [0, 0.05) is 12.6 Å². The predicted molar refractivity (Wildman–Crippen MR) is 97.6 cm³/mol. The Kier molecular flexibility index (Phi) is 7.02. The van der Waals surface area contributed by atoms with E-state index in [0.717, 1.165) is 11.6 Å². The first-order chi connectivity index (χ1) is 13.3. The van der Waals surface area contributed by atoms with Gasteiger partial charge in [-0.3, -0.25) is 14.9 Å². The van der Waals surface area contributed by atoms with E-state index in [1.807, 2.05) is 0 Å². The molecule has 0 saturated heterocycles. The topological polar surface area (TPSA) is 108 Å². The number of nitrogens with zero attached hydrogens (tertiary/aromatic N) is 1. The summed E-state index contributed by atoms with van der Waals surface area (Å²) >= 11 is 0. The maximum Gasteiger partial charge on any atom is 0.339 e. The molecular formula is C19H19FN2O6. The molecule has 0 heterocycles. The number of carbonyl (C=O) groups excluding carboxylic acids is 2. The van der Waals surface area contributed by atoms with Crippen molar-refractivity contribution in [1.82, 2.24) is 5.32 Å². The lowest BCUT2D eigenvalue weighted by Crippen LogP contribution is -2.36. The summed E-state index contributed by atoms with van der Waals surface area (Å²) in [5.74, 6) is -1.72. The van der Waals surface area contributed by atoms with Gasteiger partial charge < -0.3 is 14.8 Å². The zero-order valence-corrected chi connectivity index (χ0v) is 15.3. The van der Waals surface area contributed by atoms with Gasteiger partial charge in [-0.15, -0.1) is 0 Å². The Bertz CT molecular complexity index is 869. The van der Waals surface area contributed by atoms with Crippen molar-refractivity contribution in [2.24, 2.45) is 0 Å². The predicted octanol–water partition coefficient (Wildman–Crippen LogP) is 2.65. The van der Waals surface area contributed by atoms with Crippen LogP contribution in [-0.4, -0.2) is 36.6 Å². The molecule has 0 aliphatic rings. The number of hydrogen-bond acceptors (Lipinski definition) is 6. The molecule has 0 radical (unpaired) electrons. The Balaban J connectivity index is 1.90. The molecule has 1 amide bonds. The average Bonchev–Trinajstić information content (AvgIpc) is 2.68. The lowest BCUT2D eigenvalue weighted by atomic mass is 10.1. The highest BCUT2D eigenvalue weighted by Gasteiger charge is 2.22. The van der Waals surface area contributed by atoms with Crippen LogP contribution in [0.25, 0.3) is 0 Å². The second kappa shape index (κ2) is 9.45. The van der Waals surface area contributed by atoms with Crippen LogP contribution in [0.1, 0.15) is 22.8 Å². The molecule has 0 saturated carbocycles. The summed E-state index contributed by atoms with van der Waals surface area (Å²) in [5, 5.41) is 13.6. The molecule has 0 fully saturated rings. The number of methoxy groups -OCH3 is 1. The summed E-state index contributed by atoms with van der Waals surface area (Å²) in [6, 6.07) is 9.50. The summed E-state index contributed by atoms with van der Waals surface area (Å²) in [5.41, 5.74) is 0.392. The fraction of sp³-hybridized carbons (Fsp3) is 0.263. The SMILES string of the molecule is COc1ccc(C(=O)O[C@@H](C)C(=O)NCCc2ccc(F)cc2)cc1[N+](=O)[O-]. The van der Waals surface area contributed by atoms with E-state index in [4.69, 9.17) is 9.47 Å². The molecule has 28 heavy (non-hydrogen) atoms. The zero-order chi connectivity index (χ0) is 20.7. The van der Waals surface area contributed by atoms with Crippen molar-refractivity contribution in [1.29, 1.82) is 0 Å². The molecule has 0 unspecified atom stereocenters. The normalized spacial score (nSPS) is 11.4. The fourth-order valence-corrected chi connectivity index (χ4v) is 2.37. The monoisotopic (exact) mass is 390 g/mol. The molecule has 8 nitrogen and oxygen atoms in total.